The van der Waals surface area contributed by atoms with Crippen molar-refractivity contribution in [1.82, 2.24) is 0 Å². The minimum absolute atomic E-state index is 0.663. The molecule has 1 aromatic rings. The van der Waals surface area contributed by atoms with Gasteiger partial charge in [0.25, 0.3) is 0 Å². The summed E-state index contributed by atoms with van der Waals surface area (Å²) in [6.45, 7) is 2.81. The summed E-state index contributed by atoms with van der Waals surface area (Å²) >= 11 is 11.5. The molecule has 0 bridgehead atoms. The number of hydrogen-bond acceptors (Lipinski definition) is 1. The predicted molar refractivity (Wildman–Crippen MR) is 68.8 cm³/mol. The molecule has 0 spiro atoms. The van der Waals surface area contributed by atoms with E-state index in [0.717, 1.165) is 25.4 Å². The van der Waals surface area contributed by atoms with Crippen LogP contribution in [-0.2, 0) is 6.54 Å². The first-order chi connectivity index (χ1) is 7.80. The first-order valence-corrected chi connectivity index (χ1v) is 6.45. The van der Waals surface area contributed by atoms with E-state index in [1.165, 1.54) is 10.5 Å². The van der Waals surface area contributed by atoms with Gasteiger partial charge in [-0.25, -0.2) is 0 Å². The van der Waals surface area contributed by atoms with Crippen LogP contribution >= 0.6 is 23.2 Å². The van der Waals surface area contributed by atoms with Gasteiger partial charge < -0.3 is 9.64 Å². The third kappa shape index (κ3) is 4.60. The van der Waals surface area contributed by atoms with Crippen LogP contribution < -0.4 is 9.64 Å². The highest BCUT2D eigenvalue weighted by Crippen LogP contribution is 2.11. The quantitative estimate of drug-likeness (QED) is 0.737. The minimum atomic E-state index is 0.663. The standard InChI is InChI=1S/C12H17Cl2NO/c1-16-12-4-2-3-11(9-12)10-15(7-5-13)8-6-14/h2-4,9H,5-8,10H2,1H3/p+1. The summed E-state index contributed by atoms with van der Waals surface area (Å²) in [6, 6.07) is 8.12. The topological polar surface area (TPSA) is 13.7 Å². The van der Waals surface area contributed by atoms with Crippen LogP contribution in [0.25, 0.3) is 0 Å². The fraction of sp³-hybridized carbons (Fsp3) is 0.500. The Bertz CT molecular complexity index is 301. The van der Waals surface area contributed by atoms with Gasteiger partial charge >= 0.3 is 0 Å². The molecular weight excluding hydrogens is 245 g/mol. The molecule has 2 nitrogen and oxygen atoms in total. The van der Waals surface area contributed by atoms with Crippen molar-refractivity contribution in [1.29, 1.82) is 0 Å². The van der Waals surface area contributed by atoms with Crippen molar-refractivity contribution in [3.05, 3.63) is 29.8 Å². The molecule has 0 unspecified atom stereocenters. The fourth-order valence-corrected chi connectivity index (χ4v) is 2.17. The van der Waals surface area contributed by atoms with Gasteiger partial charge in [-0.3, -0.25) is 0 Å². The number of methoxy groups -OCH3 is 1. The van der Waals surface area contributed by atoms with Crippen LogP contribution in [-0.4, -0.2) is 32.0 Å². The van der Waals surface area contributed by atoms with Crippen LogP contribution in [0.15, 0.2) is 24.3 Å². The third-order valence-electron chi connectivity index (χ3n) is 2.48. The van der Waals surface area contributed by atoms with Gasteiger partial charge in [0.2, 0.25) is 0 Å². The molecular formula is C12H18Cl2NO+. The zero-order chi connectivity index (χ0) is 11.8. The predicted octanol–water partition coefficient (Wildman–Crippen LogP) is 1.56. The Morgan fingerprint density at radius 1 is 1.19 bits per heavy atom. The Hall–Kier alpha value is -0.440. The van der Waals surface area contributed by atoms with Crippen molar-refractivity contribution in [2.75, 3.05) is 32.0 Å². The summed E-state index contributed by atoms with van der Waals surface area (Å²) in [7, 11) is 1.68. The number of ether oxygens (including phenoxy) is 1. The lowest BCUT2D eigenvalue weighted by atomic mass is 10.2. The first-order valence-electron chi connectivity index (χ1n) is 5.38. The van der Waals surface area contributed by atoms with E-state index < -0.39 is 0 Å². The van der Waals surface area contributed by atoms with E-state index in [1.54, 1.807) is 7.11 Å². The molecule has 0 aromatic heterocycles. The molecule has 90 valence electrons. The van der Waals surface area contributed by atoms with Crippen molar-refractivity contribution < 1.29 is 9.64 Å². The second kappa shape index (κ2) is 7.77. The molecule has 0 saturated heterocycles. The Morgan fingerprint density at radius 2 is 1.88 bits per heavy atom. The Labute approximate surface area is 107 Å². The molecule has 0 atom stereocenters. The molecule has 1 aromatic carbocycles. The number of rotatable bonds is 7. The van der Waals surface area contributed by atoms with Crippen molar-refractivity contribution >= 4 is 23.2 Å². The maximum absolute atomic E-state index is 5.77. The second-order valence-corrected chi connectivity index (χ2v) is 4.41. The summed E-state index contributed by atoms with van der Waals surface area (Å²) in [4.78, 5) is 1.40. The van der Waals surface area contributed by atoms with E-state index in [4.69, 9.17) is 27.9 Å². The SMILES string of the molecule is COc1cccc(C[NH+](CCCl)CCCl)c1. The summed E-state index contributed by atoms with van der Waals surface area (Å²) < 4.78 is 5.19. The first kappa shape index (κ1) is 13.6. The summed E-state index contributed by atoms with van der Waals surface area (Å²) in [5.74, 6) is 2.22. The average Bonchev–Trinajstić information content (AvgIpc) is 2.30. The molecule has 1 rings (SSSR count). The number of alkyl halides is 2. The van der Waals surface area contributed by atoms with Crippen LogP contribution in [0.3, 0.4) is 0 Å². The normalized spacial score (nSPS) is 10.8. The average molecular weight is 263 g/mol. The Balaban J connectivity index is 2.60. The molecule has 0 aliphatic carbocycles. The van der Waals surface area contributed by atoms with Crippen LogP contribution in [0.5, 0.6) is 5.75 Å². The summed E-state index contributed by atoms with van der Waals surface area (Å²) in [5, 5.41) is 0. The van der Waals surface area contributed by atoms with Gasteiger partial charge in [0.1, 0.15) is 12.3 Å². The molecule has 16 heavy (non-hydrogen) atoms. The lowest BCUT2D eigenvalue weighted by Gasteiger charge is -2.17. The Kier molecular flexibility index (Phi) is 6.62. The molecule has 4 heteroatoms. The van der Waals surface area contributed by atoms with E-state index in [0.29, 0.717) is 11.8 Å². The molecule has 1 N–H and O–H groups in total. The van der Waals surface area contributed by atoms with E-state index in [-0.39, 0.29) is 0 Å². The van der Waals surface area contributed by atoms with Crippen molar-refractivity contribution in [3.8, 4) is 5.75 Å². The number of quaternary nitrogens is 1. The Morgan fingerprint density at radius 3 is 2.44 bits per heavy atom. The fourth-order valence-electron chi connectivity index (χ4n) is 1.64. The molecule has 0 radical (unpaired) electrons. The molecule has 0 aliphatic heterocycles. The highest BCUT2D eigenvalue weighted by molar-refractivity contribution is 6.18. The third-order valence-corrected chi connectivity index (χ3v) is 2.86. The maximum Gasteiger partial charge on any atom is 0.119 e. The van der Waals surface area contributed by atoms with Gasteiger partial charge in [-0.2, -0.15) is 0 Å². The van der Waals surface area contributed by atoms with Crippen molar-refractivity contribution in [2.24, 2.45) is 0 Å². The molecule has 0 amide bonds. The van der Waals surface area contributed by atoms with Gasteiger partial charge in [0.15, 0.2) is 0 Å². The summed E-state index contributed by atoms with van der Waals surface area (Å²) in [6.07, 6.45) is 0. The number of benzene rings is 1. The largest absolute Gasteiger partial charge is 0.497 e. The number of halogens is 2. The summed E-state index contributed by atoms with van der Waals surface area (Å²) in [5.41, 5.74) is 1.25. The monoisotopic (exact) mass is 262 g/mol. The molecule has 0 saturated carbocycles. The highest BCUT2D eigenvalue weighted by Gasteiger charge is 2.08. The molecule has 0 fully saturated rings. The van der Waals surface area contributed by atoms with Crippen molar-refractivity contribution in [2.45, 2.75) is 6.54 Å². The maximum atomic E-state index is 5.77. The van der Waals surface area contributed by atoms with Gasteiger partial charge in [-0.15, -0.1) is 23.2 Å². The van der Waals surface area contributed by atoms with Crippen LogP contribution in [0.4, 0.5) is 0 Å². The van der Waals surface area contributed by atoms with Crippen molar-refractivity contribution in [3.63, 3.8) is 0 Å². The van der Waals surface area contributed by atoms with Gasteiger partial charge in [0.05, 0.1) is 32.0 Å². The zero-order valence-electron chi connectivity index (χ0n) is 9.51. The van der Waals surface area contributed by atoms with E-state index in [9.17, 15) is 0 Å². The molecule has 0 heterocycles. The van der Waals surface area contributed by atoms with Crippen LogP contribution in [0, 0.1) is 0 Å². The van der Waals surface area contributed by atoms with E-state index in [1.807, 2.05) is 12.1 Å². The number of hydrogen-bond donors (Lipinski definition) is 1. The van der Waals surface area contributed by atoms with E-state index in [2.05, 4.69) is 12.1 Å². The smallest absolute Gasteiger partial charge is 0.119 e. The lowest BCUT2D eigenvalue weighted by Crippen LogP contribution is -3.11. The van der Waals surface area contributed by atoms with E-state index >= 15 is 0 Å². The van der Waals surface area contributed by atoms with Crippen LogP contribution in [0.2, 0.25) is 0 Å². The van der Waals surface area contributed by atoms with Crippen LogP contribution in [0.1, 0.15) is 5.56 Å². The zero-order valence-corrected chi connectivity index (χ0v) is 11.0. The second-order valence-electron chi connectivity index (χ2n) is 3.66. The van der Waals surface area contributed by atoms with Gasteiger partial charge in [0, 0.05) is 5.56 Å². The lowest BCUT2D eigenvalue weighted by molar-refractivity contribution is -0.909. The molecule has 0 aliphatic rings. The van der Waals surface area contributed by atoms with Gasteiger partial charge in [-0.1, -0.05) is 12.1 Å². The van der Waals surface area contributed by atoms with Gasteiger partial charge in [-0.05, 0) is 12.1 Å². The highest BCUT2D eigenvalue weighted by atomic mass is 35.5. The minimum Gasteiger partial charge on any atom is -0.497 e. The number of nitrogens with one attached hydrogen (secondary N) is 1.